The Bertz CT molecular complexity index is 1610. The highest BCUT2D eigenvalue weighted by atomic mass is 35.5. The van der Waals surface area contributed by atoms with Crippen molar-refractivity contribution in [2.24, 2.45) is 0 Å². The van der Waals surface area contributed by atoms with Crippen molar-refractivity contribution in [2.45, 2.75) is 50.7 Å². The number of sulfonamides is 1. The highest BCUT2D eigenvalue weighted by Gasteiger charge is 2.31. The summed E-state index contributed by atoms with van der Waals surface area (Å²) >= 11 is 6.12. The predicted octanol–water partition coefficient (Wildman–Crippen LogP) is 5.97. The van der Waals surface area contributed by atoms with E-state index >= 15 is 0 Å². The number of carbonyl (C=O) groups is 2. The van der Waals surface area contributed by atoms with Crippen LogP contribution in [-0.4, -0.2) is 31.7 Å². The number of benzene rings is 4. The Balaban J connectivity index is 1.59. The Kier molecular flexibility index (Phi) is 11.1. The van der Waals surface area contributed by atoms with Gasteiger partial charge in [-0.3, -0.25) is 9.59 Å². The van der Waals surface area contributed by atoms with Crippen LogP contribution in [0.4, 0.5) is 0 Å². The first-order valence-electron chi connectivity index (χ1n) is 14.2. The first-order chi connectivity index (χ1) is 20.7. The maximum atomic E-state index is 13.9. The smallest absolute Gasteiger partial charge is 0.247 e. The van der Waals surface area contributed by atoms with Crippen LogP contribution in [-0.2, 0) is 39.1 Å². The Morgan fingerprint density at radius 1 is 0.814 bits per heavy atom. The van der Waals surface area contributed by atoms with Crippen molar-refractivity contribution in [3.05, 3.63) is 136 Å². The van der Waals surface area contributed by atoms with Crippen LogP contribution in [0.2, 0.25) is 5.02 Å². The van der Waals surface area contributed by atoms with Gasteiger partial charge in [-0.1, -0.05) is 103 Å². The minimum absolute atomic E-state index is 0.126. The van der Waals surface area contributed by atoms with Crippen LogP contribution >= 0.6 is 11.6 Å². The van der Waals surface area contributed by atoms with Crippen LogP contribution in [0, 0.1) is 6.92 Å². The van der Waals surface area contributed by atoms with Crippen molar-refractivity contribution in [1.82, 2.24) is 14.9 Å². The fourth-order valence-corrected chi connectivity index (χ4v) is 5.88. The monoisotopic (exact) mass is 617 g/mol. The number of hydrogen-bond acceptors (Lipinski definition) is 4. The molecule has 0 radical (unpaired) electrons. The van der Waals surface area contributed by atoms with Crippen molar-refractivity contribution in [3.63, 3.8) is 0 Å². The number of nitrogens with zero attached hydrogens (tertiary/aromatic N) is 1. The molecule has 0 saturated heterocycles. The molecule has 2 N–H and O–H groups in total. The number of nitrogens with one attached hydrogen (secondary N) is 2. The normalized spacial score (nSPS) is 12.0. The van der Waals surface area contributed by atoms with E-state index in [0.29, 0.717) is 30.1 Å². The van der Waals surface area contributed by atoms with Crippen molar-refractivity contribution in [2.75, 3.05) is 6.54 Å². The Morgan fingerprint density at radius 2 is 1.42 bits per heavy atom. The lowest BCUT2D eigenvalue weighted by molar-refractivity contribution is -0.141. The summed E-state index contributed by atoms with van der Waals surface area (Å²) in [5.41, 5.74) is 4.44. The second-order valence-corrected chi connectivity index (χ2v) is 12.5. The summed E-state index contributed by atoms with van der Waals surface area (Å²) in [5, 5.41) is 3.62. The van der Waals surface area contributed by atoms with Crippen LogP contribution in [0.15, 0.2) is 108 Å². The molecule has 4 aromatic rings. The number of halogens is 1. The SMILES string of the molecule is CCNS(=O)(=O)c1ccc(CCC(=O)N(Cc2ccc(Cl)cc2)[C@@H](C(=O)NCc2ccc(C)cc2)c2ccccc2)cc1. The lowest BCUT2D eigenvalue weighted by Crippen LogP contribution is -2.43. The van der Waals surface area contributed by atoms with Gasteiger partial charge in [0.2, 0.25) is 21.8 Å². The van der Waals surface area contributed by atoms with Crippen molar-refractivity contribution < 1.29 is 18.0 Å². The minimum atomic E-state index is -3.57. The van der Waals surface area contributed by atoms with Crippen molar-refractivity contribution in [3.8, 4) is 0 Å². The summed E-state index contributed by atoms with van der Waals surface area (Å²) in [5.74, 6) is -0.495. The van der Waals surface area contributed by atoms with Gasteiger partial charge in [0.1, 0.15) is 6.04 Å². The van der Waals surface area contributed by atoms with Gasteiger partial charge in [-0.05, 0) is 59.9 Å². The van der Waals surface area contributed by atoms with Crippen LogP contribution < -0.4 is 10.0 Å². The summed E-state index contributed by atoms with van der Waals surface area (Å²) < 4.78 is 27.1. The lowest BCUT2D eigenvalue weighted by Gasteiger charge is -2.32. The summed E-state index contributed by atoms with van der Waals surface area (Å²) in [7, 11) is -3.57. The molecule has 224 valence electrons. The second-order valence-electron chi connectivity index (χ2n) is 10.3. The maximum Gasteiger partial charge on any atom is 0.247 e. The lowest BCUT2D eigenvalue weighted by atomic mass is 10.0. The van der Waals surface area contributed by atoms with Crippen molar-refractivity contribution >= 4 is 33.4 Å². The molecule has 4 rings (SSSR count). The molecule has 0 saturated carbocycles. The van der Waals surface area contributed by atoms with E-state index in [9.17, 15) is 18.0 Å². The molecule has 0 aliphatic carbocycles. The molecule has 0 spiro atoms. The van der Waals surface area contributed by atoms with E-state index in [0.717, 1.165) is 22.3 Å². The summed E-state index contributed by atoms with van der Waals surface area (Å²) in [4.78, 5) is 29.6. The number of rotatable bonds is 13. The standard InChI is InChI=1S/C34H36ClN3O4S/c1-3-37-43(41,42)31-20-15-26(16-21-31)17-22-32(39)38(24-28-13-18-30(35)19-14-28)33(29-7-5-4-6-8-29)34(40)36-23-27-11-9-25(2)10-12-27/h4-16,18-21,33,37H,3,17,22-24H2,1-2H3,(H,36,40)/t33-/m1/s1. The molecule has 0 heterocycles. The Morgan fingerprint density at radius 3 is 2.05 bits per heavy atom. The highest BCUT2D eigenvalue weighted by Crippen LogP contribution is 2.26. The summed E-state index contributed by atoms with van der Waals surface area (Å²) in [6, 6.07) is 30.0. The molecule has 4 aromatic carbocycles. The molecule has 9 heteroatoms. The zero-order valence-corrected chi connectivity index (χ0v) is 25.9. The zero-order chi connectivity index (χ0) is 30.8. The van der Waals surface area contributed by atoms with Gasteiger partial charge in [0.25, 0.3) is 0 Å². The fourth-order valence-electron chi connectivity index (χ4n) is 4.71. The van der Waals surface area contributed by atoms with E-state index in [2.05, 4.69) is 10.0 Å². The number of hydrogen-bond donors (Lipinski definition) is 2. The van der Waals surface area contributed by atoms with E-state index in [1.807, 2.05) is 73.7 Å². The molecule has 1 atom stereocenters. The molecule has 7 nitrogen and oxygen atoms in total. The average molecular weight is 618 g/mol. The van der Waals surface area contributed by atoms with Gasteiger partial charge in [0.05, 0.1) is 4.90 Å². The van der Waals surface area contributed by atoms with Gasteiger partial charge < -0.3 is 10.2 Å². The molecule has 0 fully saturated rings. The third kappa shape index (κ3) is 9.00. The second kappa shape index (κ2) is 15.0. The zero-order valence-electron chi connectivity index (χ0n) is 24.3. The average Bonchev–Trinajstić information content (AvgIpc) is 3.01. The number of carbonyl (C=O) groups excluding carboxylic acids is 2. The summed E-state index contributed by atoms with van der Waals surface area (Å²) in [6.07, 6.45) is 0.505. The molecule has 0 bridgehead atoms. The van der Waals surface area contributed by atoms with Gasteiger partial charge in [-0.2, -0.15) is 0 Å². The molecule has 43 heavy (non-hydrogen) atoms. The quantitative estimate of drug-likeness (QED) is 0.193. The third-order valence-electron chi connectivity index (χ3n) is 7.04. The van der Waals surface area contributed by atoms with E-state index in [1.54, 1.807) is 36.1 Å². The Hall–Kier alpha value is -3.98. The topological polar surface area (TPSA) is 95.6 Å². The molecule has 0 aliphatic heterocycles. The molecule has 0 unspecified atom stereocenters. The van der Waals surface area contributed by atoms with Crippen LogP contribution in [0.1, 0.15) is 47.2 Å². The third-order valence-corrected chi connectivity index (χ3v) is 8.86. The van der Waals surface area contributed by atoms with Crippen LogP contribution in [0.3, 0.4) is 0 Å². The first-order valence-corrected chi connectivity index (χ1v) is 16.0. The van der Waals surface area contributed by atoms with Crippen molar-refractivity contribution in [1.29, 1.82) is 0 Å². The highest BCUT2D eigenvalue weighted by molar-refractivity contribution is 7.89. The van der Waals surface area contributed by atoms with E-state index in [-0.39, 0.29) is 29.7 Å². The Labute approximate surface area is 258 Å². The largest absolute Gasteiger partial charge is 0.350 e. The molecular weight excluding hydrogens is 582 g/mol. The maximum absolute atomic E-state index is 13.9. The molecule has 0 aromatic heterocycles. The number of aryl methyl sites for hydroxylation is 2. The van der Waals surface area contributed by atoms with E-state index in [1.165, 1.54) is 12.1 Å². The van der Waals surface area contributed by atoms with E-state index in [4.69, 9.17) is 11.6 Å². The van der Waals surface area contributed by atoms with E-state index < -0.39 is 16.1 Å². The number of amides is 2. The van der Waals surface area contributed by atoms with Gasteiger partial charge in [0.15, 0.2) is 0 Å². The van der Waals surface area contributed by atoms with Gasteiger partial charge in [-0.25, -0.2) is 13.1 Å². The van der Waals surface area contributed by atoms with Gasteiger partial charge in [-0.15, -0.1) is 0 Å². The van der Waals surface area contributed by atoms with Gasteiger partial charge in [0, 0.05) is 31.1 Å². The predicted molar refractivity (Wildman–Crippen MR) is 170 cm³/mol. The molecule has 2 amide bonds. The van der Waals surface area contributed by atoms with Crippen LogP contribution in [0.25, 0.3) is 0 Å². The summed E-state index contributed by atoms with van der Waals surface area (Å²) in [6.45, 7) is 4.55. The molecular formula is C34H36ClN3O4S. The fraction of sp³-hybridized carbons (Fsp3) is 0.235. The van der Waals surface area contributed by atoms with Crippen LogP contribution in [0.5, 0.6) is 0 Å². The molecule has 0 aliphatic rings. The minimum Gasteiger partial charge on any atom is -0.350 e. The van der Waals surface area contributed by atoms with Gasteiger partial charge >= 0.3 is 0 Å². The first kappa shape index (κ1) is 31.9.